The predicted molar refractivity (Wildman–Crippen MR) is 79.9 cm³/mol. The number of hydrogen-bond donors (Lipinski definition) is 1. The number of aliphatic carboxylic acids is 1. The molecule has 2 atom stereocenters. The SMILES string of the molecule is COCCN1C(=O)CC(C(=O)O)C1c1c(C)nc2sccn12. The highest BCUT2D eigenvalue weighted by Gasteiger charge is 2.46. The standard InChI is InChI=1S/C14H17N3O4S/c1-8-11(17-4-6-22-14(17)15-8)12-9(13(19)20)7-10(18)16(12)3-5-21-2/h4,6,9,12H,3,5,7H2,1-2H3,(H,19,20). The lowest BCUT2D eigenvalue weighted by Crippen LogP contribution is -2.34. The van der Waals surface area contributed by atoms with Crippen LogP contribution >= 0.6 is 11.3 Å². The van der Waals surface area contributed by atoms with E-state index in [1.807, 2.05) is 22.9 Å². The van der Waals surface area contributed by atoms with Crippen molar-refractivity contribution >= 4 is 28.2 Å². The molecule has 1 aliphatic heterocycles. The van der Waals surface area contributed by atoms with Gasteiger partial charge in [-0.3, -0.25) is 14.0 Å². The molecular formula is C14H17N3O4S. The molecule has 7 nitrogen and oxygen atoms in total. The highest BCUT2D eigenvalue weighted by molar-refractivity contribution is 7.15. The molecule has 118 valence electrons. The monoisotopic (exact) mass is 323 g/mol. The molecule has 3 rings (SSSR count). The van der Waals surface area contributed by atoms with Gasteiger partial charge < -0.3 is 14.7 Å². The van der Waals surface area contributed by atoms with Gasteiger partial charge in [-0.2, -0.15) is 0 Å². The number of ether oxygens (including phenoxy) is 1. The largest absolute Gasteiger partial charge is 0.481 e. The van der Waals surface area contributed by atoms with Crippen molar-refractivity contribution in [2.45, 2.75) is 19.4 Å². The van der Waals surface area contributed by atoms with Gasteiger partial charge in [0.1, 0.15) is 0 Å². The zero-order valence-electron chi connectivity index (χ0n) is 12.4. The van der Waals surface area contributed by atoms with Crippen LogP contribution in [0.2, 0.25) is 0 Å². The van der Waals surface area contributed by atoms with E-state index in [2.05, 4.69) is 4.98 Å². The first-order valence-corrected chi connectivity index (χ1v) is 7.85. The molecule has 2 unspecified atom stereocenters. The van der Waals surface area contributed by atoms with Gasteiger partial charge in [-0.05, 0) is 6.92 Å². The van der Waals surface area contributed by atoms with Crippen LogP contribution in [0.4, 0.5) is 0 Å². The maximum absolute atomic E-state index is 12.3. The lowest BCUT2D eigenvalue weighted by molar-refractivity contribution is -0.142. The van der Waals surface area contributed by atoms with E-state index in [0.29, 0.717) is 13.2 Å². The lowest BCUT2D eigenvalue weighted by atomic mass is 9.96. The number of carboxylic acids is 1. The number of imidazole rings is 1. The molecule has 2 aromatic rings. The number of aryl methyl sites for hydroxylation is 1. The Morgan fingerprint density at radius 1 is 1.59 bits per heavy atom. The summed E-state index contributed by atoms with van der Waals surface area (Å²) in [5.74, 6) is -1.87. The number of thiazole rings is 1. The highest BCUT2D eigenvalue weighted by Crippen LogP contribution is 2.40. The number of aromatic nitrogens is 2. The summed E-state index contributed by atoms with van der Waals surface area (Å²) in [4.78, 5) is 30.8. The van der Waals surface area contributed by atoms with Crippen molar-refractivity contribution < 1.29 is 19.4 Å². The first-order chi connectivity index (χ1) is 10.5. The van der Waals surface area contributed by atoms with Gasteiger partial charge in [0.25, 0.3) is 0 Å². The Morgan fingerprint density at radius 2 is 2.36 bits per heavy atom. The normalized spacial score (nSPS) is 21.9. The smallest absolute Gasteiger partial charge is 0.309 e. The van der Waals surface area contributed by atoms with E-state index in [-0.39, 0.29) is 12.3 Å². The van der Waals surface area contributed by atoms with Crippen molar-refractivity contribution in [3.05, 3.63) is 23.0 Å². The van der Waals surface area contributed by atoms with E-state index in [1.165, 1.54) is 11.3 Å². The summed E-state index contributed by atoms with van der Waals surface area (Å²) in [6.07, 6.45) is 1.88. The fourth-order valence-electron chi connectivity index (χ4n) is 3.07. The molecule has 0 bridgehead atoms. The number of likely N-dealkylation sites (tertiary alicyclic amines) is 1. The minimum absolute atomic E-state index is 0.0144. The van der Waals surface area contributed by atoms with Gasteiger partial charge in [0.05, 0.1) is 30.0 Å². The Morgan fingerprint density at radius 3 is 3.05 bits per heavy atom. The van der Waals surface area contributed by atoms with Crippen molar-refractivity contribution in [3.63, 3.8) is 0 Å². The van der Waals surface area contributed by atoms with Crippen LogP contribution in [0.25, 0.3) is 4.96 Å². The van der Waals surface area contributed by atoms with E-state index < -0.39 is 17.9 Å². The number of hydrogen-bond acceptors (Lipinski definition) is 5. The van der Waals surface area contributed by atoms with Gasteiger partial charge in [-0.15, -0.1) is 11.3 Å². The van der Waals surface area contributed by atoms with Crippen molar-refractivity contribution in [1.82, 2.24) is 14.3 Å². The van der Waals surface area contributed by atoms with Crippen LogP contribution in [0.15, 0.2) is 11.6 Å². The molecule has 3 heterocycles. The van der Waals surface area contributed by atoms with Crippen LogP contribution in [0.5, 0.6) is 0 Å². The summed E-state index contributed by atoms with van der Waals surface area (Å²) in [7, 11) is 1.56. The maximum Gasteiger partial charge on any atom is 0.309 e. The fraction of sp³-hybridized carbons (Fsp3) is 0.500. The van der Waals surface area contributed by atoms with Crippen LogP contribution in [-0.2, 0) is 14.3 Å². The van der Waals surface area contributed by atoms with Gasteiger partial charge in [-0.25, -0.2) is 4.98 Å². The van der Waals surface area contributed by atoms with Crippen molar-refractivity contribution in [1.29, 1.82) is 0 Å². The molecular weight excluding hydrogens is 306 g/mol. The number of nitrogens with zero attached hydrogens (tertiary/aromatic N) is 3. The van der Waals surface area contributed by atoms with E-state index in [0.717, 1.165) is 16.3 Å². The van der Waals surface area contributed by atoms with Crippen LogP contribution in [0.1, 0.15) is 23.9 Å². The molecule has 1 aliphatic rings. The number of carboxylic acid groups (broad SMARTS) is 1. The summed E-state index contributed by atoms with van der Waals surface area (Å²) in [6, 6.07) is -0.509. The van der Waals surface area contributed by atoms with Crippen molar-refractivity contribution in [2.24, 2.45) is 5.92 Å². The number of amides is 1. The minimum atomic E-state index is -0.956. The molecule has 22 heavy (non-hydrogen) atoms. The maximum atomic E-state index is 12.3. The Kier molecular flexibility index (Phi) is 3.88. The third kappa shape index (κ3) is 2.28. The molecule has 1 amide bonds. The zero-order chi connectivity index (χ0) is 15.9. The number of fused-ring (bicyclic) bond motifs is 1. The molecule has 1 fully saturated rings. The topological polar surface area (TPSA) is 84.1 Å². The first kappa shape index (κ1) is 15.0. The Labute approximate surface area is 131 Å². The predicted octanol–water partition coefficient (Wildman–Crippen LogP) is 1.32. The van der Waals surface area contributed by atoms with E-state index in [1.54, 1.807) is 12.0 Å². The lowest BCUT2D eigenvalue weighted by Gasteiger charge is -2.26. The summed E-state index contributed by atoms with van der Waals surface area (Å²) in [5.41, 5.74) is 1.55. The molecule has 0 aliphatic carbocycles. The van der Waals surface area contributed by atoms with Gasteiger partial charge in [-0.1, -0.05) is 0 Å². The number of carbonyl (C=O) groups excluding carboxylic acids is 1. The third-order valence-electron chi connectivity index (χ3n) is 4.05. The van der Waals surface area contributed by atoms with Gasteiger partial charge in [0.15, 0.2) is 4.96 Å². The Hall–Kier alpha value is -1.93. The molecule has 1 N–H and O–H groups in total. The number of methoxy groups -OCH3 is 1. The van der Waals surface area contributed by atoms with E-state index >= 15 is 0 Å². The van der Waals surface area contributed by atoms with Gasteiger partial charge >= 0.3 is 5.97 Å². The number of carbonyl (C=O) groups is 2. The highest BCUT2D eigenvalue weighted by atomic mass is 32.1. The zero-order valence-corrected chi connectivity index (χ0v) is 13.2. The second-order valence-corrected chi connectivity index (χ2v) is 6.18. The summed E-state index contributed by atoms with van der Waals surface area (Å²) in [6.45, 7) is 2.60. The van der Waals surface area contributed by atoms with Crippen LogP contribution in [0.3, 0.4) is 0 Å². The third-order valence-corrected chi connectivity index (χ3v) is 4.81. The van der Waals surface area contributed by atoms with Crippen molar-refractivity contribution in [2.75, 3.05) is 20.3 Å². The molecule has 2 aromatic heterocycles. The minimum Gasteiger partial charge on any atom is -0.481 e. The average molecular weight is 323 g/mol. The average Bonchev–Trinajstić information content (AvgIpc) is 3.10. The van der Waals surface area contributed by atoms with Gasteiger partial charge in [0.2, 0.25) is 5.91 Å². The molecule has 8 heteroatoms. The molecule has 1 saturated heterocycles. The second-order valence-electron chi connectivity index (χ2n) is 5.31. The van der Waals surface area contributed by atoms with E-state index in [9.17, 15) is 14.7 Å². The summed E-state index contributed by atoms with van der Waals surface area (Å²) in [5, 5.41) is 11.4. The molecule has 0 radical (unpaired) electrons. The molecule has 0 saturated carbocycles. The second kappa shape index (κ2) is 5.69. The van der Waals surface area contributed by atoms with Crippen molar-refractivity contribution in [3.8, 4) is 0 Å². The van der Waals surface area contributed by atoms with Gasteiger partial charge in [0, 0.05) is 31.7 Å². The van der Waals surface area contributed by atoms with Crippen LogP contribution < -0.4 is 0 Å². The summed E-state index contributed by atoms with van der Waals surface area (Å²) < 4.78 is 6.94. The number of rotatable bonds is 5. The Balaban J connectivity index is 2.09. The fourth-order valence-corrected chi connectivity index (χ4v) is 3.84. The van der Waals surface area contributed by atoms with Crippen LogP contribution in [0, 0.1) is 12.8 Å². The first-order valence-electron chi connectivity index (χ1n) is 6.98. The summed E-state index contributed by atoms with van der Waals surface area (Å²) >= 11 is 1.49. The quantitative estimate of drug-likeness (QED) is 0.897. The van der Waals surface area contributed by atoms with E-state index in [4.69, 9.17) is 4.74 Å². The Bertz CT molecular complexity index is 723. The van der Waals surface area contributed by atoms with Crippen LogP contribution in [-0.4, -0.2) is 51.5 Å². The molecule has 0 spiro atoms. The molecule has 0 aromatic carbocycles.